The van der Waals surface area contributed by atoms with E-state index in [2.05, 4.69) is 11.4 Å². The van der Waals surface area contributed by atoms with Crippen molar-refractivity contribution < 1.29 is 9.59 Å². The van der Waals surface area contributed by atoms with Crippen LogP contribution >= 0.6 is 0 Å². The van der Waals surface area contributed by atoms with E-state index in [-0.39, 0.29) is 17.9 Å². The Hall–Kier alpha value is -1.65. The highest BCUT2D eigenvalue weighted by Crippen LogP contribution is 2.19. The van der Waals surface area contributed by atoms with Crippen molar-refractivity contribution in [2.24, 2.45) is 11.5 Å². The monoisotopic (exact) mass is 365 g/mol. The van der Waals surface area contributed by atoms with Gasteiger partial charge in [0.15, 0.2) is 0 Å². The van der Waals surface area contributed by atoms with Crippen molar-refractivity contribution in [3.63, 3.8) is 0 Å². The molecule has 5 N–H and O–H groups in total. The van der Waals surface area contributed by atoms with E-state index in [1.165, 1.54) is 0 Å². The average molecular weight is 366 g/mol. The second-order valence-electron chi connectivity index (χ2n) is 7.03. The molecule has 0 bridgehead atoms. The van der Waals surface area contributed by atoms with Crippen molar-refractivity contribution in [3.05, 3.63) is 0 Å². The van der Waals surface area contributed by atoms with E-state index in [4.69, 9.17) is 11.5 Å². The molecule has 7 nitrogen and oxygen atoms in total. The number of carbonyl (C=O) groups is 2. The molecule has 0 saturated carbocycles. The van der Waals surface area contributed by atoms with Crippen molar-refractivity contribution >= 4 is 11.8 Å². The molecule has 1 heterocycles. The third-order valence-electron chi connectivity index (χ3n) is 4.87. The fourth-order valence-corrected chi connectivity index (χ4v) is 3.34. The number of unbranched alkanes of at least 4 members (excludes halogenated alkanes) is 5. The first-order chi connectivity index (χ1) is 12.6. The normalized spacial score (nSPS) is 17.7. The fourth-order valence-electron chi connectivity index (χ4n) is 3.34. The van der Waals surface area contributed by atoms with Gasteiger partial charge in [0.2, 0.25) is 11.8 Å². The summed E-state index contributed by atoms with van der Waals surface area (Å²) in [4.78, 5) is 26.7. The molecule has 7 heteroatoms. The largest absolute Gasteiger partial charge is 0.344 e. The second kappa shape index (κ2) is 13.5. The van der Waals surface area contributed by atoms with Gasteiger partial charge in [-0.3, -0.25) is 9.59 Å². The quantitative estimate of drug-likeness (QED) is 0.426. The van der Waals surface area contributed by atoms with Crippen molar-refractivity contribution in [1.82, 2.24) is 10.2 Å². The SMILES string of the molecule is N#C[C@@H]1CCCN1C(=O)[C@H](CCCCN)NC(=O)CCCCCCCN. The van der Waals surface area contributed by atoms with Crippen molar-refractivity contribution in [2.45, 2.75) is 82.7 Å². The maximum absolute atomic E-state index is 12.8. The fraction of sp³-hybridized carbons (Fsp3) is 0.842. The summed E-state index contributed by atoms with van der Waals surface area (Å²) in [6.07, 6.45) is 9.22. The van der Waals surface area contributed by atoms with Gasteiger partial charge in [-0.05, 0) is 58.0 Å². The van der Waals surface area contributed by atoms with Gasteiger partial charge in [0.25, 0.3) is 0 Å². The minimum absolute atomic E-state index is 0.0809. The Bertz CT molecular complexity index is 463. The summed E-state index contributed by atoms with van der Waals surface area (Å²) in [6, 6.07) is 1.29. The molecule has 1 fully saturated rings. The number of likely N-dealkylation sites (tertiary alicyclic amines) is 1. The number of nitrogens with two attached hydrogens (primary N) is 2. The van der Waals surface area contributed by atoms with Crippen LogP contribution in [0.15, 0.2) is 0 Å². The molecular weight excluding hydrogens is 330 g/mol. The number of amides is 2. The number of nitriles is 1. The lowest BCUT2D eigenvalue weighted by atomic mass is 10.1. The Morgan fingerprint density at radius 3 is 2.42 bits per heavy atom. The zero-order valence-electron chi connectivity index (χ0n) is 15.9. The van der Waals surface area contributed by atoms with Crippen molar-refractivity contribution in [3.8, 4) is 6.07 Å². The molecule has 1 saturated heterocycles. The van der Waals surface area contributed by atoms with Gasteiger partial charge in [-0.15, -0.1) is 0 Å². The lowest BCUT2D eigenvalue weighted by Crippen LogP contribution is -2.49. The summed E-state index contributed by atoms with van der Waals surface area (Å²) < 4.78 is 0. The van der Waals surface area contributed by atoms with Crippen molar-refractivity contribution in [2.75, 3.05) is 19.6 Å². The topological polar surface area (TPSA) is 125 Å². The summed E-state index contributed by atoms with van der Waals surface area (Å²) in [7, 11) is 0. The molecule has 1 rings (SSSR count). The van der Waals surface area contributed by atoms with E-state index in [9.17, 15) is 14.9 Å². The van der Waals surface area contributed by atoms with E-state index in [0.29, 0.717) is 38.9 Å². The van der Waals surface area contributed by atoms with Gasteiger partial charge in [0.1, 0.15) is 12.1 Å². The van der Waals surface area contributed by atoms with Crippen LogP contribution in [0.5, 0.6) is 0 Å². The molecule has 0 radical (unpaired) electrons. The zero-order valence-corrected chi connectivity index (χ0v) is 15.9. The maximum Gasteiger partial charge on any atom is 0.246 e. The molecule has 0 spiro atoms. The Kier molecular flexibility index (Phi) is 11.7. The average Bonchev–Trinajstić information content (AvgIpc) is 3.12. The summed E-state index contributed by atoms with van der Waals surface area (Å²) in [6.45, 7) is 1.89. The van der Waals surface area contributed by atoms with Crippen molar-refractivity contribution in [1.29, 1.82) is 5.26 Å². The van der Waals surface area contributed by atoms with Crippen LogP contribution in [-0.4, -0.2) is 48.4 Å². The first-order valence-corrected chi connectivity index (χ1v) is 10.0. The molecular formula is C19H35N5O2. The predicted molar refractivity (Wildman–Crippen MR) is 102 cm³/mol. The summed E-state index contributed by atoms with van der Waals surface area (Å²) in [5, 5.41) is 12.1. The highest BCUT2D eigenvalue weighted by atomic mass is 16.2. The first kappa shape index (κ1) is 22.4. The molecule has 0 unspecified atom stereocenters. The third-order valence-corrected chi connectivity index (χ3v) is 4.87. The lowest BCUT2D eigenvalue weighted by Gasteiger charge is -2.26. The highest BCUT2D eigenvalue weighted by Gasteiger charge is 2.33. The van der Waals surface area contributed by atoms with Gasteiger partial charge in [0.05, 0.1) is 6.07 Å². The molecule has 1 aliphatic rings. The van der Waals surface area contributed by atoms with Crippen LogP contribution in [0, 0.1) is 11.3 Å². The third kappa shape index (κ3) is 8.15. The maximum atomic E-state index is 12.8. The Morgan fingerprint density at radius 2 is 1.73 bits per heavy atom. The van der Waals surface area contributed by atoms with Crippen LogP contribution in [0.4, 0.5) is 0 Å². The van der Waals surface area contributed by atoms with Gasteiger partial charge < -0.3 is 21.7 Å². The molecule has 2 atom stereocenters. The van der Waals surface area contributed by atoms with Crippen LogP contribution in [0.1, 0.15) is 70.6 Å². The summed E-state index contributed by atoms with van der Waals surface area (Å²) in [5.41, 5.74) is 11.0. The van der Waals surface area contributed by atoms with Gasteiger partial charge in [-0.1, -0.05) is 19.3 Å². The van der Waals surface area contributed by atoms with E-state index < -0.39 is 6.04 Å². The molecule has 1 aliphatic heterocycles. The van der Waals surface area contributed by atoms with Crippen LogP contribution in [0.3, 0.4) is 0 Å². The van der Waals surface area contributed by atoms with E-state index in [0.717, 1.165) is 51.4 Å². The Morgan fingerprint density at radius 1 is 1.08 bits per heavy atom. The highest BCUT2D eigenvalue weighted by molar-refractivity contribution is 5.88. The first-order valence-electron chi connectivity index (χ1n) is 10.0. The van der Waals surface area contributed by atoms with Crippen LogP contribution in [0.25, 0.3) is 0 Å². The minimum Gasteiger partial charge on any atom is -0.344 e. The number of rotatable bonds is 13. The predicted octanol–water partition coefficient (Wildman–Crippen LogP) is 1.41. The molecule has 26 heavy (non-hydrogen) atoms. The van der Waals surface area contributed by atoms with Gasteiger partial charge in [-0.2, -0.15) is 5.26 Å². The smallest absolute Gasteiger partial charge is 0.246 e. The molecule has 0 aliphatic carbocycles. The Balaban J connectivity index is 2.47. The number of nitrogens with one attached hydrogen (secondary N) is 1. The number of hydrogen-bond acceptors (Lipinski definition) is 5. The van der Waals surface area contributed by atoms with Gasteiger partial charge in [0, 0.05) is 13.0 Å². The van der Waals surface area contributed by atoms with Gasteiger partial charge in [-0.25, -0.2) is 0 Å². The molecule has 0 aromatic carbocycles. The zero-order chi connectivity index (χ0) is 19.2. The standard InChI is InChI=1S/C19H35N5O2/c20-12-6-3-1-2-4-11-18(25)23-17(10-5-7-13-21)19(26)24-14-8-9-16(24)15-22/h16-17H,1-14,20-21H2,(H,23,25)/t16-,17-/m0/s1. The molecule has 2 amide bonds. The second-order valence-corrected chi connectivity index (χ2v) is 7.03. The minimum atomic E-state index is -0.541. The van der Waals surface area contributed by atoms with Crippen LogP contribution in [0.2, 0.25) is 0 Å². The lowest BCUT2D eigenvalue weighted by molar-refractivity contribution is -0.136. The number of hydrogen-bond donors (Lipinski definition) is 3. The van der Waals surface area contributed by atoms with Crippen LogP contribution in [-0.2, 0) is 9.59 Å². The molecule has 0 aromatic heterocycles. The number of nitrogens with zero attached hydrogens (tertiary/aromatic N) is 2. The van der Waals surface area contributed by atoms with Gasteiger partial charge >= 0.3 is 0 Å². The van der Waals surface area contributed by atoms with E-state index >= 15 is 0 Å². The Labute approximate surface area is 157 Å². The molecule has 0 aromatic rings. The van der Waals surface area contributed by atoms with E-state index in [1.807, 2.05) is 0 Å². The number of carbonyl (C=O) groups excluding carboxylic acids is 2. The van der Waals surface area contributed by atoms with Crippen LogP contribution < -0.4 is 16.8 Å². The van der Waals surface area contributed by atoms with E-state index in [1.54, 1.807) is 4.90 Å². The summed E-state index contributed by atoms with van der Waals surface area (Å²) >= 11 is 0. The molecule has 148 valence electrons. The summed E-state index contributed by atoms with van der Waals surface area (Å²) in [5.74, 6) is -0.204.